The number of anilines is 1. The van der Waals surface area contributed by atoms with Crippen LogP contribution in [0.4, 0.5) is 23.2 Å². The van der Waals surface area contributed by atoms with Crippen molar-refractivity contribution >= 4 is 35.1 Å². The van der Waals surface area contributed by atoms with Gasteiger partial charge in [0.05, 0.1) is 17.3 Å². The predicted molar refractivity (Wildman–Crippen MR) is 146 cm³/mol. The number of rotatable bonds is 12. The number of amides is 4. The van der Waals surface area contributed by atoms with Crippen LogP contribution < -0.4 is 26.0 Å². The van der Waals surface area contributed by atoms with Crippen LogP contribution in [0.5, 0.6) is 5.75 Å². The molecule has 2 unspecified atom stereocenters. The molecule has 0 saturated carbocycles. The van der Waals surface area contributed by atoms with Crippen molar-refractivity contribution in [1.82, 2.24) is 16.0 Å². The van der Waals surface area contributed by atoms with Gasteiger partial charge in [0.25, 0.3) is 0 Å². The second-order valence-electron chi connectivity index (χ2n) is 10.4. The Hall–Kier alpha value is -5.00. The molecule has 0 radical (unpaired) electrons. The van der Waals surface area contributed by atoms with Crippen molar-refractivity contribution in [3.63, 3.8) is 0 Å². The Labute approximate surface area is 249 Å². The lowest BCUT2D eigenvalue weighted by molar-refractivity contribution is -0.138. The van der Waals surface area contributed by atoms with Crippen LogP contribution in [-0.2, 0) is 24.0 Å². The van der Waals surface area contributed by atoms with E-state index in [0.717, 1.165) is 0 Å². The number of nitrogens with zero attached hydrogens (tertiary/aromatic N) is 1. The van der Waals surface area contributed by atoms with E-state index in [-0.39, 0.29) is 36.1 Å². The highest BCUT2D eigenvalue weighted by atomic mass is 19.2. The van der Waals surface area contributed by atoms with Crippen LogP contribution in [0.25, 0.3) is 0 Å². The molecule has 1 aliphatic heterocycles. The van der Waals surface area contributed by atoms with E-state index < -0.39 is 83.0 Å². The van der Waals surface area contributed by atoms with E-state index >= 15 is 0 Å². The van der Waals surface area contributed by atoms with Gasteiger partial charge in [0.15, 0.2) is 23.2 Å². The van der Waals surface area contributed by atoms with E-state index in [1.54, 1.807) is 19.9 Å². The number of Topliss-reactive ketones (excluding diaryl/α,β-unsaturated/α-hetero) is 1. The number of halogens is 4. The molecule has 0 spiro atoms. The first-order valence-electron chi connectivity index (χ1n) is 13.5. The van der Waals surface area contributed by atoms with Gasteiger partial charge in [0.2, 0.25) is 23.4 Å². The van der Waals surface area contributed by atoms with Crippen molar-refractivity contribution in [1.29, 1.82) is 5.26 Å². The van der Waals surface area contributed by atoms with Gasteiger partial charge in [0.1, 0.15) is 18.7 Å². The Bertz CT molecular complexity index is 1470. The zero-order chi connectivity index (χ0) is 32.6. The molecule has 1 heterocycles. The molecule has 1 aliphatic rings. The van der Waals surface area contributed by atoms with Crippen molar-refractivity contribution in [2.75, 3.05) is 18.5 Å². The summed E-state index contributed by atoms with van der Waals surface area (Å²) in [5.41, 5.74) is 0.150. The minimum absolute atomic E-state index is 0.0000470. The molecule has 2 aromatic rings. The van der Waals surface area contributed by atoms with Crippen molar-refractivity contribution in [2.45, 2.75) is 45.2 Å². The number of nitriles is 1. The fourth-order valence-corrected chi connectivity index (χ4v) is 4.41. The molecular weight excluding hydrogens is 590 g/mol. The normalized spacial score (nSPS) is 15.5. The number of carbonyl (C=O) groups is 5. The zero-order valence-electron chi connectivity index (χ0n) is 23.6. The van der Waals surface area contributed by atoms with Crippen LogP contribution in [0.3, 0.4) is 0 Å². The molecule has 0 aliphatic carbocycles. The van der Waals surface area contributed by atoms with Gasteiger partial charge in [-0.05, 0) is 37.3 Å². The van der Waals surface area contributed by atoms with Gasteiger partial charge in [0, 0.05) is 18.5 Å². The summed E-state index contributed by atoms with van der Waals surface area (Å²) >= 11 is 0. The van der Waals surface area contributed by atoms with Crippen molar-refractivity contribution in [3.8, 4) is 11.8 Å². The average Bonchev–Trinajstić information content (AvgIpc) is 3.38. The molecule has 0 bridgehead atoms. The summed E-state index contributed by atoms with van der Waals surface area (Å²) in [5.74, 6) is -14.4. The fourth-order valence-electron chi connectivity index (χ4n) is 4.41. The standard InChI is InChI=1S/C29H29F4N5O6/c1-14(2)9-21(38-29(43)28(42)36-19-6-4-3-5-16(19)12-34)27(41)37-20(10-15-7-8-35-26(15)40)22(39)13-44-25-23(32)17(30)11-18(31)24(25)33/h3-6,11,14-15,20-21H,7-10,13H2,1-2H3,(H,35,40)(H,36,42)(H,37,41)(H,38,43)/t15-,20?,21?/m0/s1. The maximum atomic E-state index is 14.0. The van der Waals surface area contributed by atoms with E-state index in [1.165, 1.54) is 18.2 Å². The maximum absolute atomic E-state index is 14.0. The Morgan fingerprint density at radius 2 is 1.68 bits per heavy atom. The minimum Gasteiger partial charge on any atom is -0.479 e. The summed E-state index contributed by atoms with van der Waals surface area (Å²) in [5, 5.41) is 18.7. The Balaban J connectivity index is 1.77. The molecule has 3 rings (SSSR count). The number of nitrogens with one attached hydrogen (secondary N) is 4. The lowest BCUT2D eigenvalue weighted by atomic mass is 9.95. The highest BCUT2D eigenvalue weighted by molar-refractivity contribution is 6.40. The molecule has 4 amide bonds. The topological polar surface area (TPSA) is 166 Å². The van der Waals surface area contributed by atoms with Gasteiger partial charge < -0.3 is 26.0 Å². The first-order valence-corrected chi connectivity index (χ1v) is 13.5. The summed E-state index contributed by atoms with van der Waals surface area (Å²) in [6.45, 7) is 2.59. The van der Waals surface area contributed by atoms with Crippen molar-refractivity contribution in [3.05, 3.63) is 59.2 Å². The number of para-hydroxylation sites is 1. The van der Waals surface area contributed by atoms with E-state index in [9.17, 15) is 46.8 Å². The predicted octanol–water partition coefficient (Wildman–Crippen LogP) is 2.24. The number of hydrogen-bond acceptors (Lipinski definition) is 7. The monoisotopic (exact) mass is 619 g/mol. The molecule has 2 aromatic carbocycles. The fraction of sp³-hybridized carbons (Fsp3) is 0.379. The van der Waals surface area contributed by atoms with Crippen molar-refractivity contribution < 1.29 is 46.3 Å². The largest absolute Gasteiger partial charge is 0.479 e. The third-order valence-corrected chi connectivity index (χ3v) is 6.65. The van der Waals surface area contributed by atoms with E-state index in [4.69, 9.17) is 4.74 Å². The molecule has 4 N–H and O–H groups in total. The summed E-state index contributed by atoms with van der Waals surface area (Å²) in [6.07, 6.45) is 0.0319. The van der Waals surface area contributed by atoms with Crippen molar-refractivity contribution in [2.24, 2.45) is 11.8 Å². The number of benzene rings is 2. The summed E-state index contributed by atoms with van der Waals surface area (Å²) in [7, 11) is 0. The quantitative estimate of drug-likeness (QED) is 0.161. The van der Waals surface area contributed by atoms with E-state index in [0.29, 0.717) is 13.0 Å². The van der Waals surface area contributed by atoms with Crippen LogP contribution in [0.15, 0.2) is 30.3 Å². The van der Waals surface area contributed by atoms with Gasteiger partial charge in [-0.3, -0.25) is 24.0 Å². The SMILES string of the molecule is CC(C)CC(NC(=O)C(=O)Nc1ccccc1C#N)C(=O)NC(C[C@@H]1CCNC1=O)C(=O)COc1c(F)c(F)cc(F)c1F. The van der Waals surface area contributed by atoms with Crippen LogP contribution in [0.2, 0.25) is 0 Å². The summed E-state index contributed by atoms with van der Waals surface area (Å²) in [4.78, 5) is 63.9. The Kier molecular flexibility index (Phi) is 11.4. The van der Waals surface area contributed by atoms with Crippen LogP contribution in [-0.4, -0.2) is 54.6 Å². The minimum atomic E-state index is -1.87. The van der Waals surface area contributed by atoms with Crippen LogP contribution in [0, 0.1) is 46.4 Å². The summed E-state index contributed by atoms with van der Waals surface area (Å²) in [6, 6.07) is 4.87. The molecule has 44 heavy (non-hydrogen) atoms. The first-order chi connectivity index (χ1) is 20.8. The second-order valence-corrected chi connectivity index (χ2v) is 10.4. The molecule has 3 atom stereocenters. The van der Waals surface area contributed by atoms with E-state index in [1.807, 2.05) is 6.07 Å². The third kappa shape index (κ3) is 8.52. The third-order valence-electron chi connectivity index (χ3n) is 6.65. The number of ether oxygens (including phenoxy) is 1. The highest BCUT2D eigenvalue weighted by Crippen LogP contribution is 2.27. The van der Waals surface area contributed by atoms with Gasteiger partial charge in [-0.15, -0.1) is 0 Å². The Morgan fingerprint density at radius 1 is 1.02 bits per heavy atom. The van der Waals surface area contributed by atoms with Gasteiger partial charge in [-0.1, -0.05) is 26.0 Å². The first kappa shape index (κ1) is 33.5. The molecular formula is C29H29F4N5O6. The smallest absolute Gasteiger partial charge is 0.313 e. The second kappa shape index (κ2) is 14.9. The van der Waals surface area contributed by atoms with Gasteiger partial charge >= 0.3 is 11.8 Å². The zero-order valence-corrected chi connectivity index (χ0v) is 23.6. The highest BCUT2D eigenvalue weighted by Gasteiger charge is 2.34. The van der Waals surface area contributed by atoms with E-state index in [2.05, 4.69) is 21.3 Å². The average molecular weight is 620 g/mol. The van der Waals surface area contributed by atoms with Crippen LogP contribution in [0.1, 0.15) is 38.7 Å². The van der Waals surface area contributed by atoms with Crippen LogP contribution >= 0.6 is 0 Å². The molecule has 234 valence electrons. The summed E-state index contributed by atoms with van der Waals surface area (Å²) < 4.78 is 60.0. The number of ketones is 1. The lowest BCUT2D eigenvalue weighted by Crippen LogP contribution is -2.54. The molecule has 1 saturated heterocycles. The molecule has 1 fully saturated rings. The molecule has 15 heteroatoms. The number of carbonyl (C=O) groups excluding carboxylic acids is 5. The molecule has 11 nitrogen and oxygen atoms in total. The Morgan fingerprint density at radius 3 is 2.27 bits per heavy atom. The number of hydrogen-bond donors (Lipinski definition) is 4. The lowest BCUT2D eigenvalue weighted by Gasteiger charge is -2.25. The van der Waals surface area contributed by atoms with Gasteiger partial charge in [-0.2, -0.15) is 14.0 Å². The molecule has 0 aromatic heterocycles. The maximum Gasteiger partial charge on any atom is 0.313 e. The van der Waals surface area contributed by atoms with Gasteiger partial charge in [-0.25, -0.2) is 8.78 Å².